The molecule has 0 aromatic heterocycles. The topological polar surface area (TPSA) is 52.6 Å². The van der Waals surface area contributed by atoms with Crippen LogP contribution in [0.15, 0.2) is 18.2 Å². The van der Waals surface area contributed by atoms with Crippen molar-refractivity contribution >= 4 is 11.9 Å². The molecule has 122 valence electrons. The van der Waals surface area contributed by atoms with Crippen LogP contribution in [-0.4, -0.2) is 18.7 Å². The van der Waals surface area contributed by atoms with E-state index in [-0.39, 0.29) is 12.2 Å². The Morgan fingerprint density at radius 1 is 1.00 bits per heavy atom. The Kier molecular flexibility index (Phi) is 5.39. The molecule has 0 fully saturated rings. The van der Waals surface area contributed by atoms with Crippen LogP contribution in [0.1, 0.15) is 63.0 Å². The number of carbonyl (C=O) groups is 2. The highest BCUT2D eigenvalue weighted by Crippen LogP contribution is 2.26. The van der Waals surface area contributed by atoms with E-state index in [4.69, 9.17) is 9.47 Å². The third-order valence-corrected chi connectivity index (χ3v) is 3.26. The van der Waals surface area contributed by atoms with Crippen molar-refractivity contribution in [2.45, 2.75) is 53.9 Å². The molecule has 0 aliphatic carbocycles. The molecule has 0 bridgehead atoms. The molecule has 0 amide bonds. The minimum Gasteiger partial charge on any atom is -0.427 e. The summed E-state index contributed by atoms with van der Waals surface area (Å²) in [6.45, 7) is 13.2. The Hall–Kier alpha value is -1.84. The molecule has 0 heterocycles. The third kappa shape index (κ3) is 4.86. The lowest BCUT2D eigenvalue weighted by Crippen LogP contribution is -2.24. The van der Waals surface area contributed by atoms with Gasteiger partial charge in [0.15, 0.2) is 0 Å². The fraction of sp³-hybridized carbons (Fsp3) is 0.556. The quantitative estimate of drug-likeness (QED) is 0.626. The van der Waals surface area contributed by atoms with Gasteiger partial charge in [0.25, 0.3) is 0 Å². The van der Waals surface area contributed by atoms with Gasteiger partial charge in [0, 0.05) is 0 Å². The van der Waals surface area contributed by atoms with Crippen molar-refractivity contribution in [1.29, 1.82) is 0 Å². The predicted molar refractivity (Wildman–Crippen MR) is 85.7 cm³/mol. The van der Waals surface area contributed by atoms with Crippen molar-refractivity contribution in [2.75, 3.05) is 6.79 Å². The molecule has 4 heteroatoms. The van der Waals surface area contributed by atoms with Crippen LogP contribution < -0.4 is 0 Å². The molecular formula is C18H26O4. The first-order valence-electron chi connectivity index (χ1n) is 7.38. The van der Waals surface area contributed by atoms with Crippen molar-refractivity contribution < 1.29 is 19.1 Å². The molecule has 0 atom stereocenters. The van der Waals surface area contributed by atoms with E-state index in [9.17, 15) is 9.59 Å². The van der Waals surface area contributed by atoms with E-state index < -0.39 is 17.4 Å². The number of hydrogen-bond acceptors (Lipinski definition) is 4. The summed E-state index contributed by atoms with van der Waals surface area (Å²) >= 11 is 0. The predicted octanol–water partition coefficient (Wildman–Crippen LogP) is 4.00. The molecule has 4 nitrogen and oxygen atoms in total. The second kappa shape index (κ2) is 6.51. The van der Waals surface area contributed by atoms with E-state index in [0.29, 0.717) is 5.56 Å². The zero-order chi connectivity index (χ0) is 17.1. The fourth-order valence-corrected chi connectivity index (χ4v) is 2.07. The molecule has 0 aliphatic rings. The Morgan fingerprint density at radius 3 is 2.05 bits per heavy atom. The molecule has 1 aromatic rings. The van der Waals surface area contributed by atoms with Crippen molar-refractivity contribution in [3.63, 3.8) is 0 Å². The number of benzene rings is 1. The molecule has 0 radical (unpaired) electrons. The summed E-state index contributed by atoms with van der Waals surface area (Å²) in [7, 11) is 0. The lowest BCUT2D eigenvalue weighted by Gasteiger charge is -2.22. The molecule has 22 heavy (non-hydrogen) atoms. The van der Waals surface area contributed by atoms with Crippen LogP contribution in [0.25, 0.3) is 0 Å². The van der Waals surface area contributed by atoms with E-state index in [1.807, 2.05) is 13.0 Å². The van der Waals surface area contributed by atoms with E-state index in [2.05, 4.69) is 20.8 Å². The Morgan fingerprint density at radius 2 is 1.59 bits per heavy atom. The van der Waals surface area contributed by atoms with Gasteiger partial charge in [-0.3, -0.25) is 4.79 Å². The molecule has 0 spiro atoms. The smallest absolute Gasteiger partial charge is 0.341 e. The molecule has 0 aliphatic heterocycles. The second-order valence-corrected chi connectivity index (χ2v) is 7.51. The van der Waals surface area contributed by atoms with Crippen molar-refractivity contribution in [2.24, 2.45) is 5.41 Å². The van der Waals surface area contributed by atoms with Crippen LogP contribution in [0.2, 0.25) is 0 Å². The van der Waals surface area contributed by atoms with Crippen molar-refractivity contribution in [3.8, 4) is 0 Å². The first-order chi connectivity index (χ1) is 9.93. The number of esters is 2. The van der Waals surface area contributed by atoms with Crippen LogP contribution >= 0.6 is 0 Å². The number of aryl methyl sites for hydroxylation is 1. The highest BCUT2D eigenvalue weighted by Gasteiger charge is 2.23. The average molecular weight is 306 g/mol. The summed E-state index contributed by atoms with van der Waals surface area (Å²) in [4.78, 5) is 23.6. The van der Waals surface area contributed by atoms with Gasteiger partial charge in [-0.1, -0.05) is 26.8 Å². The van der Waals surface area contributed by atoms with Gasteiger partial charge in [-0.25, -0.2) is 4.79 Å². The van der Waals surface area contributed by atoms with E-state index in [1.165, 1.54) is 5.56 Å². The number of carbonyl (C=O) groups excluding carboxylic acids is 2. The fourth-order valence-electron chi connectivity index (χ4n) is 2.07. The maximum Gasteiger partial charge on any atom is 0.341 e. The number of rotatable bonds is 3. The zero-order valence-electron chi connectivity index (χ0n) is 14.6. The molecule has 0 N–H and O–H groups in total. The minimum absolute atomic E-state index is 0.0226. The Labute approximate surface area is 132 Å². The van der Waals surface area contributed by atoms with E-state index in [0.717, 1.165) is 5.56 Å². The maximum absolute atomic E-state index is 12.0. The molecule has 1 aromatic carbocycles. The normalized spacial score (nSPS) is 12.0. The molecule has 0 unspecified atom stereocenters. The van der Waals surface area contributed by atoms with Gasteiger partial charge >= 0.3 is 11.9 Å². The average Bonchev–Trinajstić information content (AvgIpc) is 2.35. The largest absolute Gasteiger partial charge is 0.427 e. The van der Waals surface area contributed by atoms with Gasteiger partial charge in [-0.2, -0.15) is 0 Å². The lowest BCUT2D eigenvalue weighted by atomic mass is 9.83. The van der Waals surface area contributed by atoms with Crippen LogP contribution in [0.4, 0.5) is 0 Å². The van der Waals surface area contributed by atoms with E-state index >= 15 is 0 Å². The van der Waals surface area contributed by atoms with Gasteiger partial charge in [0.2, 0.25) is 6.79 Å². The third-order valence-electron chi connectivity index (χ3n) is 3.26. The second-order valence-electron chi connectivity index (χ2n) is 7.51. The highest BCUT2D eigenvalue weighted by molar-refractivity contribution is 5.89. The molecule has 0 saturated carbocycles. The maximum atomic E-state index is 12.0. The van der Waals surface area contributed by atoms with Gasteiger partial charge in [-0.15, -0.1) is 0 Å². The molecule has 0 saturated heterocycles. The van der Waals surface area contributed by atoms with E-state index in [1.54, 1.807) is 32.9 Å². The van der Waals surface area contributed by atoms with Gasteiger partial charge in [-0.05, 0) is 56.4 Å². The Bertz CT molecular complexity index is 559. The van der Waals surface area contributed by atoms with Gasteiger partial charge < -0.3 is 9.47 Å². The zero-order valence-corrected chi connectivity index (χ0v) is 14.6. The van der Waals surface area contributed by atoms with Crippen molar-refractivity contribution in [1.82, 2.24) is 0 Å². The summed E-state index contributed by atoms with van der Waals surface area (Å²) in [6.07, 6.45) is 0. The molecular weight excluding hydrogens is 280 g/mol. The Balaban J connectivity index is 2.68. The summed E-state index contributed by atoms with van der Waals surface area (Å²) in [5.41, 5.74) is 2.08. The van der Waals surface area contributed by atoms with Crippen LogP contribution in [0.5, 0.6) is 0 Å². The standard InChI is InChI=1S/C18H26O4/c1-12-10-13(8-9-14(12)17(2,3)4)15(19)21-11-22-16(20)18(5,6)7/h8-10H,11H2,1-7H3. The molecule has 1 rings (SSSR count). The highest BCUT2D eigenvalue weighted by atomic mass is 16.7. The van der Waals surface area contributed by atoms with Crippen molar-refractivity contribution in [3.05, 3.63) is 34.9 Å². The summed E-state index contributed by atoms with van der Waals surface area (Å²) < 4.78 is 9.92. The first-order valence-corrected chi connectivity index (χ1v) is 7.38. The SMILES string of the molecule is Cc1cc(C(=O)OCOC(=O)C(C)(C)C)ccc1C(C)(C)C. The lowest BCUT2D eigenvalue weighted by molar-refractivity contribution is -0.161. The summed E-state index contributed by atoms with van der Waals surface area (Å²) in [5.74, 6) is -0.898. The van der Waals surface area contributed by atoms with Crippen LogP contribution in [-0.2, 0) is 19.7 Å². The monoisotopic (exact) mass is 306 g/mol. The summed E-state index contributed by atoms with van der Waals surface area (Å²) in [5, 5.41) is 0. The summed E-state index contributed by atoms with van der Waals surface area (Å²) in [6, 6.07) is 5.48. The van der Waals surface area contributed by atoms with Crippen LogP contribution in [0, 0.1) is 12.3 Å². The first kappa shape index (κ1) is 18.2. The number of ether oxygens (including phenoxy) is 2. The van der Waals surface area contributed by atoms with Crippen LogP contribution in [0.3, 0.4) is 0 Å². The van der Waals surface area contributed by atoms with Gasteiger partial charge in [0.05, 0.1) is 11.0 Å². The van der Waals surface area contributed by atoms with Gasteiger partial charge in [0.1, 0.15) is 0 Å². The number of hydrogen-bond donors (Lipinski definition) is 0. The minimum atomic E-state index is -0.614.